The van der Waals surface area contributed by atoms with E-state index >= 15 is 0 Å². The van der Waals surface area contributed by atoms with Crippen molar-refractivity contribution in [3.8, 4) is 11.5 Å². The van der Waals surface area contributed by atoms with Crippen molar-refractivity contribution < 1.29 is 23.0 Å². The molecule has 1 rings (SSSR count). The number of rotatable bonds is 6. The van der Waals surface area contributed by atoms with Crippen LogP contribution in [0.3, 0.4) is 0 Å². The maximum atomic E-state index is 11.1. The SMILES string of the molecule is COc1cc(C(O)CCS(C)(=O)=O)cc(Cl)c1OC. The van der Waals surface area contributed by atoms with Gasteiger partial charge < -0.3 is 14.6 Å². The normalized spacial score (nSPS) is 13.1. The molecule has 108 valence electrons. The Bertz CT molecular complexity index is 541. The van der Waals surface area contributed by atoms with E-state index in [1.165, 1.54) is 20.3 Å². The van der Waals surface area contributed by atoms with E-state index in [9.17, 15) is 13.5 Å². The van der Waals surface area contributed by atoms with Crippen LogP contribution in [-0.4, -0.2) is 39.8 Å². The Kier molecular flexibility index (Phi) is 5.46. The van der Waals surface area contributed by atoms with Crippen molar-refractivity contribution in [2.45, 2.75) is 12.5 Å². The number of aliphatic hydroxyl groups excluding tert-OH is 1. The van der Waals surface area contributed by atoms with Gasteiger partial charge in [0.15, 0.2) is 11.5 Å². The van der Waals surface area contributed by atoms with Crippen molar-refractivity contribution in [2.75, 3.05) is 26.2 Å². The van der Waals surface area contributed by atoms with Gasteiger partial charge in [0.25, 0.3) is 0 Å². The first kappa shape index (κ1) is 16.1. The summed E-state index contributed by atoms with van der Waals surface area (Å²) in [6.07, 6.45) is 0.304. The van der Waals surface area contributed by atoms with Gasteiger partial charge in [-0.2, -0.15) is 0 Å². The molecule has 1 atom stereocenters. The minimum atomic E-state index is -3.11. The van der Waals surface area contributed by atoms with E-state index in [0.717, 1.165) is 6.26 Å². The van der Waals surface area contributed by atoms with Crippen molar-refractivity contribution in [2.24, 2.45) is 0 Å². The molecule has 0 aliphatic heterocycles. The zero-order valence-corrected chi connectivity index (χ0v) is 12.6. The molecule has 0 spiro atoms. The minimum Gasteiger partial charge on any atom is -0.493 e. The lowest BCUT2D eigenvalue weighted by Gasteiger charge is -2.15. The van der Waals surface area contributed by atoms with Crippen molar-refractivity contribution in [1.82, 2.24) is 0 Å². The molecule has 0 aliphatic carbocycles. The summed E-state index contributed by atoms with van der Waals surface area (Å²) in [5, 5.41) is 10.3. The summed E-state index contributed by atoms with van der Waals surface area (Å²) in [6.45, 7) is 0. The fourth-order valence-corrected chi connectivity index (χ4v) is 2.57. The van der Waals surface area contributed by atoms with Gasteiger partial charge >= 0.3 is 0 Å². The molecule has 0 saturated carbocycles. The zero-order chi connectivity index (χ0) is 14.6. The van der Waals surface area contributed by atoms with Crippen molar-refractivity contribution in [3.05, 3.63) is 22.7 Å². The summed E-state index contributed by atoms with van der Waals surface area (Å²) in [5.41, 5.74) is 0.492. The highest BCUT2D eigenvalue weighted by molar-refractivity contribution is 7.90. The fourth-order valence-electron chi connectivity index (χ4n) is 1.62. The number of halogens is 1. The van der Waals surface area contributed by atoms with Crippen LogP contribution in [0.15, 0.2) is 12.1 Å². The molecule has 0 aromatic heterocycles. The Balaban J connectivity index is 2.98. The second kappa shape index (κ2) is 6.45. The number of sulfone groups is 1. The van der Waals surface area contributed by atoms with Gasteiger partial charge in [-0.3, -0.25) is 0 Å². The monoisotopic (exact) mass is 308 g/mol. The second-order valence-electron chi connectivity index (χ2n) is 4.17. The molecule has 7 heteroatoms. The maximum Gasteiger partial charge on any atom is 0.179 e. The topological polar surface area (TPSA) is 72.8 Å². The summed E-state index contributed by atoms with van der Waals surface area (Å²) < 4.78 is 32.3. The highest BCUT2D eigenvalue weighted by atomic mass is 35.5. The zero-order valence-electron chi connectivity index (χ0n) is 11.0. The van der Waals surface area contributed by atoms with Crippen molar-refractivity contribution in [1.29, 1.82) is 0 Å². The number of benzene rings is 1. The third kappa shape index (κ3) is 4.56. The molecule has 1 aromatic carbocycles. The molecular weight excluding hydrogens is 292 g/mol. The third-order valence-electron chi connectivity index (χ3n) is 2.60. The van der Waals surface area contributed by atoms with Crippen LogP contribution < -0.4 is 9.47 Å². The van der Waals surface area contributed by atoms with Gasteiger partial charge in [-0.15, -0.1) is 0 Å². The van der Waals surface area contributed by atoms with E-state index in [4.69, 9.17) is 21.1 Å². The van der Waals surface area contributed by atoms with Gasteiger partial charge in [-0.25, -0.2) is 8.42 Å². The quantitative estimate of drug-likeness (QED) is 0.868. The van der Waals surface area contributed by atoms with Crippen LogP contribution in [0.1, 0.15) is 18.1 Å². The lowest BCUT2D eigenvalue weighted by Crippen LogP contribution is -2.08. The summed E-state index contributed by atoms with van der Waals surface area (Å²) in [7, 11) is -0.194. The molecule has 1 unspecified atom stereocenters. The minimum absolute atomic E-state index is 0.0971. The predicted molar refractivity (Wildman–Crippen MR) is 73.8 cm³/mol. The summed E-state index contributed by atoms with van der Waals surface area (Å²) in [4.78, 5) is 0. The Labute approximate surface area is 118 Å². The predicted octanol–water partition coefficient (Wildman–Crippen LogP) is 1.83. The first-order valence-electron chi connectivity index (χ1n) is 5.55. The molecule has 0 bridgehead atoms. The lowest BCUT2D eigenvalue weighted by molar-refractivity contribution is 0.174. The first-order chi connectivity index (χ1) is 8.78. The Morgan fingerprint density at radius 3 is 2.42 bits per heavy atom. The molecule has 0 amide bonds. The van der Waals surface area contributed by atoms with Crippen LogP contribution >= 0.6 is 11.6 Å². The average Bonchev–Trinajstić information content (AvgIpc) is 2.33. The molecule has 19 heavy (non-hydrogen) atoms. The van der Waals surface area contributed by atoms with Gasteiger partial charge in [-0.1, -0.05) is 11.6 Å². The van der Waals surface area contributed by atoms with Gasteiger partial charge in [0, 0.05) is 6.26 Å². The smallest absolute Gasteiger partial charge is 0.179 e. The molecule has 0 aliphatic rings. The number of hydrogen-bond donors (Lipinski definition) is 1. The number of methoxy groups -OCH3 is 2. The molecule has 5 nitrogen and oxygen atoms in total. The van der Waals surface area contributed by atoms with Gasteiger partial charge in [0.1, 0.15) is 9.84 Å². The lowest BCUT2D eigenvalue weighted by atomic mass is 10.1. The van der Waals surface area contributed by atoms with Crippen LogP contribution in [0, 0.1) is 0 Å². The Hall–Kier alpha value is -0.980. The van der Waals surface area contributed by atoms with Crippen molar-refractivity contribution >= 4 is 21.4 Å². The fraction of sp³-hybridized carbons (Fsp3) is 0.500. The van der Waals surface area contributed by atoms with Crippen LogP contribution in [0.2, 0.25) is 5.02 Å². The number of hydrogen-bond acceptors (Lipinski definition) is 5. The maximum absolute atomic E-state index is 11.1. The standard InChI is InChI=1S/C12H17ClO5S/c1-17-11-7-8(6-9(13)12(11)18-2)10(14)4-5-19(3,15)16/h6-7,10,14H,4-5H2,1-3H3. The van der Waals surface area contributed by atoms with Gasteiger partial charge in [0.2, 0.25) is 0 Å². The van der Waals surface area contributed by atoms with Crippen LogP contribution in [0.4, 0.5) is 0 Å². The number of ether oxygens (including phenoxy) is 2. The molecule has 1 N–H and O–H groups in total. The highest BCUT2D eigenvalue weighted by Gasteiger charge is 2.17. The van der Waals surface area contributed by atoms with Crippen molar-refractivity contribution in [3.63, 3.8) is 0 Å². The van der Waals surface area contributed by atoms with Crippen LogP contribution in [0.25, 0.3) is 0 Å². The van der Waals surface area contributed by atoms with Crippen LogP contribution in [-0.2, 0) is 9.84 Å². The highest BCUT2D eigenvalue weighted by Crippen LogP contribution is 2.38. The van der Waals surface area contributed by atoms with Crippen LogP contribution in [0.5, 0.6) is 11.5 Å². The summed E-state index contributed by atoms with van der Waals surface area (Å²) in [6, 6.07) is 3.12. The van der Waals surface area contributed by atoms with E-state index in [1.807, 2.05) is 0 Å². The van der Waals surface area contributed by atoms with Gasteiger partial charge in [-0.05, 0) is 24.1 Å². The van der Waals surface area contributed by atoms with E-state index in [-0.39, 0.29) is 12.2 Å². The molecule has 0 fully saturated rings. The Morgan fingerprint density at radius 2 is 1.95 bits per heavy atom. The molecule has 0 heterocycles. The molecule has 0 saturated heterocycles. The van der Waals surface area contributed by atoms with E-state index in [1.54, 1.807) is 6.07 Å². The molecule has 0 radical (unpaired) electrons. The van der Waals surface area contributed by atoms with Gasteiger partial charge in [0.05, 0.1) is 31.1 Å². The van der Waals surface area contributed by atoms with E-state index in [0.29, 0.717) is 22.1 Å². The number of aliphatic hydroxyl groups is 1. The first-order valence-corrected chi connectivity index (χ1v) is 7.99. The average molecular weight is 309 g/mol. The Morgan fingerprint density at radius 1 is 1.32 bits per heavy atom. The van der Waals surface area contributed by atoms with E-state index < -0.39 is 15.9 Å². The molecule has 1 aromatic rings. The second-order valence-corrected chi connectivity index (χ2v) is 6.84. The summed E-state index contributed by atoms with van der Waals surface area (Å²) in [5.74, 6) is 0.673. The third-order valence-corrected chi connectivity index (χ3v) is 3.86. The van der Waals surface area contributed by atoms with E-state index in [2.05, 4.69) is 0 Å². The molecular formula is C12H17ClO5S. The largest absolute Gasteiger partial charge is 0.493 e. The summed E-state index contributed by atoms with van der Waals surface area (Å²) >= 11 is 6.01.